The van der Waals surface area contributed by atoms with Crippen LogP contribution in [0.1, 0.15) is 29.3 Å². The third kappa shape index (κ3) is 3.72. The predicted molar refractivity (Wildman–Crippen MR) is 85.5 cm³/mol. The highest BCUT2D eigenvalue weighted by molar-refractivity contribution is 7.10. The third-order valence-electron chi connectivity index (χ3n) is 4.06. The number of hydrogen-bond donors (Lipinski definition) is 2. The molecule has 3 rings (SSSR count). The Kier molecular flexibility index (Phi) is 4.85. The lowest BCUT2D eigenvalue weighted by molar-refractivity contribution is -0.879. The molecule has 0 spiro atoms. The van der Waals surface area contributed by atoms with Crippen molar-refractivity contribution >= 4 is 17.2 Å². The minimum atomic E-state index is -0.262. The van der Waals surface area contributed by atoms with Gasteiger partial charge < -0.3 is 10.2 Å². The van der Waals surface area contributed by atoms with Gasteiger partial charge in [0.1, 0.15) is 5.82 Å². The number of likely N-dealkylation sites (tertiary alicyclic amines) is 1. The molecule has 0 aliphatic carbocycles. The third-order valence-corrected chi connectivity index (χ3v) is 4.99. The molecule has 116 valence electrons. The molecule has 0 radical (unpaired) electrons. The molecule has 0 saturated carbocycles. The fourth-order valence-electron chi connectivity index (χ4n) is 2.92. The molecule has 3 nitrogen and oxygen atoms in total. The number of quaternary nitrogens is 1. The Morgan fingerprint density at radius 2 is 1.95 bits per heavy atom. The number of amides is 1. The summed E-state index contributed by atoms with van der Waals surface area (Å²) >= 11 is 1.60. The second-order valence-corrected chi connectivity index (χ2v) is 6.68. The van der Waals surface area contributed by atoms with E-state index >= 15 is 0 Å². The van der Waals surface area contributed by atoms with Crippen LogP contribution in [0.25, 0.3) is 0 Å². The monoisotopic (exact) mass is 319 g/mol. The van der Waals surface area contributed by atoms with Crippen LogP contribution in [0.3, 0.4) is 0 Å². The van der Waals surface area contributed by atoms with Crippen molar-refractivity contribution < 1.29 is 14.1 Å². The molecule has 0 unspecified atom stereocenters. The molecule has 1 aromatic carbocycles. The van der Waals surface area contributed by atoms with Gasteiger partial charge in [-0.1, -0.05) is 18.2 Å². The Bertz CT molecular complexity index is 606. The van der Waals surface area contributed by atoms with Crippen molar-refractivity contribution in [3.05, 3.63) is 58.0 Å². The van der Waals surface area contributed by atoms with Crippen LogP contribution >= 0.6 is 11.3 Å². The summed E-state index contributed by atoms with van der Waals surface area (Å²) < 4.78 is 13.1. The van der Waals surface area contributed by atoms with E-state index in [-0.39, 0.29) is 17.8 Å². The van der Waals surface area contributed by atoms with E-state index in [1.54, 1.807) is 23.5 Å². The van der Waals surface area contributed by atoms with E-state index in [9.17, 15) is 9.18 Å². The summed E-state index contributed by atoms with van der Waals surface area (Å²) in [5, 5.41) is 5.10. The van der Waals surface area contributed by atoms with Crippen LogP contribution in [0.2, 0.25) is 0 Å². The summed E-state index contributed by atoms with van der Waals surface area (Å²) in [7, 11) is 0. The molecule has 2 aromatic rings. The molecule has 1 fully saturated rings. The highest BCUT2D eigenvalue weighted by Gasteiger charge is 2.23. The lowest BCUT2D eigenvalue weighted by Crippen LogP contribution is -3.11. The van der Waals surface area contributed by atoms with Gasteiger partial charge in [0.05, 0.1) is 19.1 Å². The molecule has 22 heavy (non-hydrogen) atoms. The number of carbonyl (C=O) groups is 1. The van der Waals surface area contributed by atoms with Crippen LogP contribution in [0.4, 0.5) is 4.39 Å². The van der Waals surface area contributed by atoms with Crippen molar-refractivity contribution in [2.24, 2.45) is 0 Å². The Morgan fingerprint density at radius 3 is 2.59 bits per heavy atom. The first-order valence-corrected chi connectivity index (χ1v) is 8.52. The summed E-state index contributed by atoms with van der Waals surface area (Å²) in [5.74, 6) is -0.207. The highest BCUT2D eigenvalue weighted by atomic mass is 32.1. The molecule has 1 aliphatic heterocycles. The van der Waals surface area contributed by atoms with E-state index in [2.05, 4.69) is 5.32 Å². The normalized spacial score (nSPS) is 16.6. The molecule has 1 amide bonds. The van der Waals surface area contributed by atoms with Crippen LogP contribution < -0.4 is 10.2 Å². The number of benzene rings is 1. The van der Waals surface area contributed by atoms with Crippen molar-refractivity contribution in [2.45, 2.75) is 18.9 Å². The number of thiophene rings is 1. The minimum absolute atomic E-state index is 0.0552. The molecule has 1 aromatic heterocycles. The van der Waals surface area contributed by atoms with Crippen LogP contribution in [0, 0.1) is 5.82 Å². The van der Waals surface area contributed by atoms with E-state index in [1.165, 1.54) is 29.9 Å². The maximum Gasteiger partial charge on any atom is 0.275 e. The van der Waals surface area contributed by atoms with Gasteiger partial charge in [0.25, 0.3) is 5.91 Å². The van der Waals surface area contributed by atoms with Gasteiger partial charge in [-0.05, 0) is 29.1 Å². The fraction of sp³-hybridized carbons (Fsp3) is 0.353. The van der Waals surface area contributed by atoms with Gasteiger partial charge in [-0.25, -0.2) is 4.39 Å². The Hall–Kier alpha value is -1.72. The Morgan fingerprint density at radius 1 is 1.23 bits per heavy atom. The molecule has 1 atom stereocenters. The molecule has 2 N–H and O–H groups in total. The first-order valence-electron chi connectivity index (χ1n) is 7.64. The first-order chi connectivity index (χ1) is 10.7. The summed E-state index contributed by atoms with van der Waals surface area (Å²) in [6.45, 7) is 2.67. The van der Waals surface area contributed by atoms with E-state index in [0.717, 1.165) is 23.5 Å². The first kappa shape index (κ1) is 15.2. The van der Waals surface area contributed by atoms with Gasteiger partial charge in [0.15, 0.2) is 6.54 Å². The smallest absolute Gasteiger partial charge is 0.275 e. The van der Waals surface area contributed by atoms with Gasteiger partial charge >= 0.3 is 0 Å². The Labute approximate surface area is 133 Å². The van der Waals surface area contributed by atoms with E-state index in [4.69, 9.17) is 0 Å². The van der Waals surface area contributed by atoms with Crippen molar-refractivity contribution in [2.75, 3.05) is 19.6 Å². The molecule has 0 bridgehead atoms. The van der Waals surface area contributed by atoms with Gasteiger partial charge in [-0.2, -0.15) is 0 Å². The van der Waals surface area contributed by atoms with Crippen molar-refractivity contribution in [1.82, 2.24) is 5.32 Å². The van der Waals surface area contributed by atoms with Crippen molar-refractivity contribution in [3.63, 3.8) is 0 Å². The number of nitrogens with one attached hydrogen (secondary N) is 2. The minimum Gasteiger partial charge on any atom is -0.339 e. The fourth-order valence-corrected chi connectivity index (χ4v) is 3.72. The molecule has 1 aliphatic rings. The summed E-state index contributed by atoms with van der Waals surface area (Å²) in [6.07, 6.45) is 2.41. The number of halogens is 1. The molecular formula is C17H20FN2OS+. The molecule has 2 heterocycles. The van der Waals surface area contributed by atoms with Crippen LogP contribution in [-0.2, 0) is 4.79 Å². The zero-order valence-corrected chi connectivity index (χ0v) is 13.2. The van der Waals surface area contributed by atoms with E-state index < -0.39 is 0 Å². The Balaban J connectivity index is 1.74. The van der Waals surface area contributed by atoms with Crippen LogP contribution in [0.5, 0.6) is 0 Å². The van der Waals surface area contributed by atoms with Crippen molar-refractivity contribution in [3.8, 4) is 0 Å². The van der Waals surface area contributed by atoms with Crippen LogP contribution in [-0.4, -0.2) is 25.5 Å². The molecule has 1 saturated heterocycles. The molecular weight excluding hydrogens is 299 g/mol. The summed E-state index contributed by atoms with van der Waals surface area (Å²) in [4.78, 5) is 14.8. The zero-order chi connectivity index (χ0) is 15.4. The second kappa shape index (κ2) is 7.03. The lowest BCUT2D eigenvalue weighted by Gasteiger charge is -2.19. The number of hydrogen-bond acceptors (Lipinski definition) is 2. The second-order valence-electron chi connectivity index (χ2n) is 5.70. The van der Waals surface area contributed by atoms with Gasteiger partial charge in [-0.3, -0.25) is 4.79 Å². The van der Waals surface area contributed by atoms with Crippen LogP contribution in [0.15, 0.2) is 41.8 Å². The maximum absolute atomic E-state index is 13.1. The van der Waals surface area contributed by atoms with E-state index in [1.807, 2.05) is 17.5 Å². The largest absolute Gasteiger partial charge is 0.339 e. The highest BCUT2D eigenvalue weighted by Crippen LogP contribution is 2.26. The topological polar surface area (TPSA) is 33.5 Å². The quantitative estimate of drug-likeness (QED) is 0.865. The predicted octanol–water partition coefficient (Wildman–Crippen LogP) is 1.77. The average Bonchev–Trinajstić information content (AvgIpc) is 3.19. The van der Waals surface area contributed by atoms with Gasteiger partial charge in [-0.15, -0.1) is 11.3 Å². The van der Waals surface area contributed by atoms with Gasteiger partial charge in [0.2, 0.25) is 0 Å². The van der Waals surface area contributed by atoms with Crippen molar-refractivity contribution in [1.29, 1.82) is 0 Å². The number of rotatable bonds is 5. The van der Waals surface area contributed by atoms with E-state index in [0.29, 0.717) is 6.54 Å². The standard InChI is InChI=1S/C17H19FN2OS/c18-14-7-5-13(6-8-14)17(15-4-3-11-22-15)19-16(21)12-20-9-1-2-10-20/h3-8,11,17H,1-2,9-10,12H2,(H,19,21)/p+1/t17-/m0/s1. The summed E-state index contributed by atoms with van der Waals surface area (Å²) in [6, 6.07) is 10.1. The lowest BCUT2D eigenvalue weighted by atomic mass is 10.1. The SMILES string of the molecule is O=C(C[NH+]1CCCC1)N[C@@H](c1ccc(F)cc1)c1cccs1. The average molecular weight is 319 g/mol. The van der Waals surface area contributed by atoms with Gasteiger partial charge in [0, 0.05) is 17.7 Å². The number of carbonyl (C=O) groups excluding carboxylic acids is 1. The maximum atomic E-state index is 13.1. The summed E-state index contributed by atoms with van der Waals surface area (Å²) in [5.41, 5.74) is 0.911. The molecule has 5 heteroatoms. The zero-order valence-electron chi connectivity index (χ0n) is 12.3.